The van der Waals surface area contributed by atoms with Gasteiger partial charge in [-0.05, 0) is 135 Å². The van der Waals surface area contributed by atoms with Gasteiger partial charge in [-0.15, -0.1) is 0 Å². The van der Waals surface area contributed by atoms with E-state index in [1.54, 1.807) is 0 Å². The van der Waals surface area contributed by atoms with Crippen molar-refractivity contribution in [3.05, 3.63) is 122 Å². The van der Waals surface area contributed by atoms with Crippen LogP contribution in [0.2, 0.25) is 0 Å². The minimum Gasteiger partial charge on any atom is -0.462 e. The highest BCUT2D eigenvalue weighted by Gasteiger charge is 2.19. The number of ether oxygens (including phenoxy) is 3. The maximum absolute atomic E-state index is 12.9. The zero-order valence-corrected chi connectivity index (χ0v) is 45.9. The first-order valence-electron chi connectivity index (χ1n) is 29.0. The number of allylic oxidation sites excluding steroid dienone is 20. The van der Waals surface area contributed by atoms with Gasteiger partial charge in [0.25, 0.3) is 0 Å². The van der Waals surface area contributed by atoms with Gasteiger partial charge >= 0.3 is 17.9 Å². The Labute approximate surface area is 437 Å². The van der Waals surface area contributed by atoms with E-state index >= 15 is 0 Å². The van der Waals surface area contributed by atoms with Gasteiger partial charge in [-0.3, -0.25) is 14.4 Å². The Morgan fingerprint density at radius 2 is 0.549 bits per heavy atom. The molecule has 0 unspecified atom stereocenters. The maximum Gasteiger partial charge on any atom is 0.306 e. The van der Waals surface area contributed by atoms with Crippen LogP contribution >= 0.6 is 0 Å². The van der Waals surface area contributed by atoms with Crippen LogP contribution in [0.1, 0.15) is 252 Å². The quantitative estimate of drug-likeness (QED) is 0.0261. The van der Waals surface area contributed by atoms with Crippen molar-refractivity contribution >= 4 is 17.9 Å². The summed E-state index contributed by atoms with van der Waals surface area (Å²) >= 11 is 0. The fraction of sp³-hybridized carbons (Fsp3) is 0.646. The van der Waals surface area contributed by atoms with E-state index in [4.69, 9.17) is 14.2 Å². The van der Waals surface area contributed by atoms with E-state index in [2.05, 4.69) is 142 Å². The minimum atomic E-state index is -0.815. The average Bonchev–Trinajstić information content (AvgIpc) is 3.37. The van der Waals surface area contributed by atoms with Crippen LogP contribution in [-0.2, 0) is 28.6 Å². The highest BCUT2D eigenvalue weighted by Crippen LogP contribution is 2.13. The molecule has 0 saturated heterocycles. The van der Waals surface area contributed by atoms with Crippen molar-refractivity contribution in [3.63, 3.8) is 0 Å². The fourth-order valence-electron chi connectivity index (χ4n) is 7.56. The summed E-state index contributed by atoms with van der Waals surface area (Å²) in [5.41, 5.74) is 0. The van der Waals surface area contributed by atoms with E-state index in [9.17, 15) is 14.4 Å². The molecule has 0 fully saturated rings. The lowest BCUT2D eigenvalue weighted by molar-refractivity contribution is -0.167. The molecule has 402 valence electrons. The van der Waals surface area contributed by atoms with E-state index in [0.29, 0.717) is 12.8 Å². The van der Waals surface area contributed by atoms with Gasteiger partial charge in [0.2, 0.25) is 0 Å². The van der Waals surface area contributed by atoms with Gasteiger partial charge in [-0.25, -0.2) is 0 Å². The van der Waals surface area contributed by atoms with Crippen LogP contribution in [0.5, 0.6) is 0 Å². The number of unbranched alkanes of at least 4 members (excludes halogenated alkanes) is 20. The van der Waals surface area contributed by atoms with Crippen LogP contribution in [0.3, 0.4) is 0 Å². The molecule has 0 amide bonds. The summed E-state index contributed by atoms with van der Waals surface area (Å²) < 4.78 is 16.8. The third-order valence-electron chi connectivity index (χ3n) is 11.9. The number of rotatable bonds is 51. The van der Waals surface area contributed by atoms with Crippen molar-refractivity contribution in [2.24, 2.45) is 0 Å². The number of esters is 3. The molecule has 0 bridgehead atoms. The van der Waals surface area contributed by atoms with Gasteiger partial charge in [-0.2, -0.15) is 0 Å². The smallest absolute Gasteiger partial charge is 0.306 e. The Morgan fingerprint density at radius 1 is 0.296 bits per heavy atom. The lowest BCUT2D eigenvalue weighted by Gasteiger charge is -2.18. The van der Waals surface area contributed by atoms with Gasteiger partial charge in [0.1, 0.15) is 13.2 Å². The first-order valence-corrected chi connectivity index (χ1v) is 29.0. The summed E-state index contributed by atoms with van der Waals surface area (Å²) in [5, 5.41) is 0. The van der Waals surface area contributed by atoms with Crippen molar-refractivity contribution in [2.45, 2.75) is 258 Å². The molecule has 0 aromatic heterocycles. The SMILES string of the molecule is CC/C=C\C/C=C\C/C=C\C/C=C\C/C=C\CCCCCC(=O)OC[C@H](COC(=O)CCCCCCCCC/C=C\CCCCCC)OC(=O)CCCCC/C=C\C/C=C\C/C=C\C/C=C\CCCCC. The molecular formula is C65H106O6. The summed E-state index contributed by atoms with van der Waals surface area (Å²) in [6.07, 6.45) is 80.4. The topological polar surface area (TPSA) is 78.9 Å². The number of carbonyl (C=O) groups is 3. The summed E-state index contributed by atoms with van der Waals surface area (Å²) in [5.74, 6) is -0.977. The predicted octanol–water partition coefficient (Wildman–Crippen LogP) is 19.6. The van der Waals surface area contributed by atoms with Crippen molar-refractivity contribution in [3.8, 4) is 0 Å². The molecule has 0 aliphatic rings. The summed E-state index contributed by atoms with van der Waals surface area (Å²) in [7, 11) is 0. The largest absolute Gasteiger partial charge is 0.462 e. The van der Waals surface area contributed by atoms with Gasteiger partial charge in [0, 0.05) is 19.3 Å². The minimum absolute atomic E-state index is 0.107. The molecule has 0 aliphatic carbocycles. The molecule has 0 radical (unpaired) electrons. The van der Waals surface area contributed by atoms with E-state index < -0.39 is 6.10 Å². The summed E-state index contributed by atoms with van der Waals surface area (Å²) in [4.78, 5) is 38.2. The lowest BCUT2D eigenvalue weighted by atomic mass is 10.1. The highest BCUT2D eigenvalue weighted by atomic mass is 16.6. The van der Waals surface area contributed by atoms with Crippen LogP contribution < -0.4 is 0 Å². The van der Waals surface area contributed by atoms with Crippen molar-refractivity contribution in [1.29, 1.82) is 0 Å². The average molecular weight is 984 g/mol. The monoisotopic (exact) mass is 983 g/mol. The number of hydrogen-bond acceptors (Lipinski definition) is 6. The van der Waals surface area contributed by atoms with Crippen LogP contribution in [0, 0.1) is 0 Å². The third kappa shape index (κ3) is 56.6. The van der Waals surface area contributed by atoms with Crippen molar-refractivity contribution < 1.29 is 28.6 Å². The predicted molar refractivity (Wildman–Crippen MR) is 306 cm³/mol. The second-order valence-electron chi connectivity index (χ2n) is 18.8. The zero-order chi connectivity index (χ0) is 51.4. The standard InChI is InChI=1S/C65H106O6/c1-4-7-10-13-16-19-22-25-28-30-32-34-37-40-43-46-49-52-55-58-64(67)70-61-62(60-69-63(66)57-54-51-48-45-42-39-36-27-24-21-18-15-12-9-6-3)71-65(68)59-56-53-50-47-44-41-38-35-33-31-29-26-23-20-17-14-11-8-5-2/h7,10,16-17,19-21,24-26,28-29,32-35,40-41,43-44,62H,4-6,8-9,11-15,18,22-23,27,30-31,36-39,42,45-61H2,1-3H3/b10-7-,19-16-,20-17-,24-21-,28-25-,29-26-,34-32-,35-33-,43-40-,44-41-/t62-/m0/s1. The molecule has 6 heteroatoms. The molecule has 0 aromatic carbocycles. The summed E-state index contributed by atoms with van der Waals surface area (Å²) in [6, 6.07) is 0. The second kappa shape index (κ2) is 58.4. The highest BCUT2D eigenvalue weighted by molar-refractivity contribution is 5.71. The van der Waals surface area contributed by atoms with Gasteiger partial charge in [-0.1, -0.05) is 219 Å². The third-order valence-corrected chi connectivity index (χ3v) is 11.9. The molecule has 0 saturated carbocycles. The number of carbonyl (C=O) groups excluding carboxylic acids is 3. The molecule has 0 N–H and O–H groups in total. The Kier molecular flexibility index (Phi) is 54.9. The Morgan fingerprint density at radius 3 is 0.915 bits per heavy atom. The van der Waals surface area contributed by atoms with E-state index in [1.165, 1.54) is 89.9 Å². The second-order valence-corrected chi connectivity index (χ2v) is 18.8. The molecule has 1 atom stereocenters. The molecule has 0 spiro atoms. The molecule has 71 heavy (non-hydrogen) atoms. The van der Waals surface area contributed by atoms with Gasteiger partial charge < -0.3 is 14.2 Å². The van der Waals surface area contributed by atoms with Crippen LogP contribution in [0.15, 0.2) is 122 Å². The van der Waals surface area contributed by atoms with E-state index in [0.717, 1.165) is 122 Å². The molecule has 0 aliphatic heterocycles. The Balaban J connectivity index is 4.54. The summed E-state index contributed by atoms with van der Waals surface area (Å²) in [6.45, 7) is 6.42. The van der Waals surface area contributed by atoms with Crippen molar-refractivity contribution in [1.82, 2.24) is 0 Å². The van der Waals surface area contributed by atoms with Gasteiger partial charge in [0.15, 0.2) is 6.10 Å². The van der Waals surface area contributed by atoms with E-state index in [-0.39, 0.29) is 37.5 Å². The normalized spacial score (nSPS) is 13.0. The Hall–Kier alpha value is -4.19. The zero-order valence-electron chi connectivity index (χ0n) is 45.9. The van der Waals surface area contributed by atoms with Crippen molar-refractivity contribution in [2.75, 3.05) is 13.2 Å². The molecular weight excluding hydrogens is 877 g/mol. The molecule has 0 aromatic rings. The molecule has 0 heterocycles. The lowest BCUT2D eigenvalue weighted by Crippen LogP contribution is -2.30. The first kappa shape index (κ1) is 66.8. The van der Waals surface area contributed by atoms with Crippen LogP contribution in [-0.4, -0.2) is 37.2 Å². The van der Waals surface area contributed by atoms with E-state index in [1.807, 2.05) is 0 Å². The Bertz CT molecular complexity index is 1500. The molecule has 6 nitrogen and oxygen atoms in total. The number of hydrogen-bond donors (Lipinski definition) is 0. The van der Waals surface area contributed by atoms with Crippen LogP contribution in [0.25, 0.3) is 0 Å². The first-order chi connectivity index (χ1) is 35.0. The van der Waals surface area contributed by atoms with Crippen LogP contribution in [0.4, 0.5) is 0 Å². The fourth-order valence-corrected chi connectivity index (χ4v) is 7.56. The maximum atomic E-state index is 12.9. The van der Waals surface area contributed by atoms with Gasteiger partial charge in [0.05, 0.1) is 0 Å². The molecule has 0 rings (SSSR count).